The number of aliphatic hydroxyl groups excluding tert-OH is 1. The summed E-state index contributed by atoms with van der Waals surface area (Å²) in [6.07, 6.45) is 3.86. The third-order valence-corrected chi connectivity index (χ3v) is 4.31. The first-order valence-electron chi connectivity index (χ1n) is 6.50. The van der Waals surface area contributed by atoms with Crippen molar-refractivity contribution in [1.82, 2.24) is 5.32 Å². The van der Waals surface area contributed by atoms with Crippen molar-refractivity contribution in [3.05, 3.63) is 22.4 Å². The molecule has 1 heterocycles. The van der Waals surface area contributed by atoms with Crippen molar-refractivity contribution in [2.24, 2.45) is 16.6 Å². The highest BCUT2D eigenvalue weighted by molar-refractivity contribution is 7.09. The SMILES string of the molecule is NC(=NCC1CCCC1O)NCCc1cccs1. The van der Waals surface area contributed by atoms with E-state index >= 15 is 0 Å². The van der Waals surface area contributed by atoms with E-state index in [0.717, 1.165) is 32.2 Å². The van der Waals surface area contributed by atoms with Gasteiger partial charge >= 0.3 is 0 Å². The van der Waals surface area contributed by atoms with Gasteiger partial charge in [-0.25, -0.2) is 0 Å². The monoisotopic (exact) mass is 267 g/mol. The Hall–Kier alpha value is -1.07. The van der Waals surface area contributed by atoms with Gasteiger partial charge in [0.1, 0.15) is 0 Å². The number of rotatable bonds is 5. The summed E-state index contributed by atoms with van der Waals surface area (Å²) in [5, 5.41) is 14.9. The fourth-order valence-corrected chi connectivity index (χ4v) is 2.98. The van der Waals surface area contributed by atoms with Crippen LogP contribution in [0.2, 0.25) is 0 Å². The minimum atomic E-state index is -0.187. The average Bonchev–Trinajstić information content (AvgIpc) is 2.98. The van der Waals surface area contributed by atoms with Crippen LogP contribution in [0, 0.1) is 5.92 Å². The van der Waals surface area contributed by atoms with Gasteiger partial charge in [0.15, 0.2) is 5.96 Å². The molecule has 2 atom stereocenters. The van der Waals surface area contributed by atoms with E-state index in [-0.39, 0.29) is 6.10 Å². The molecule has 2 rings (SSSR count). The Balaban J connectivity index is 1.66. The molecule has 0 amide bonds. The predicted octanol–water partition coefficient (Wildman–Crippen LogP) is 1.36. The zero-order valence-electron chi connectivity index (χ0n) is 10.5. The van der Waals surface area contributed by atoms with Gasteiger partial charge in [-0.2, -0.15) is 0 Å². The van der Waals surface area contributed by atoms with Gasteiger partial charge in [-0.05, 0) is 30.7 Å². The largest absolute Gasteiger partial charge is 0.393 e. The van der Waals surface area contributed by atoms with Gasteiger partial charge in [0, 0.05) is 23.9 Å². The lowest BCUT2D eigenvalue weighted by Gasteiger charge is -2.12. The second-order valence-corrected chi connectivity index (χ2v) is 5.77. The number of nitrogens with two attached hydrogens (primary N) is 1. The zero-order valence-corrected chi connectivity index (χ0v) is 11.3. The molecule has 2 unspecified atom stereocenters. The van der Waals surface area contributed by atoms with Crippen molar-refractivity contribution in [2.45, 2.75) is 31.8 Å². The highest BCUT2D eigenvalue weighted by Crippen LogP contribution is 2.25. The summed E-state index contributed by atoms with van der Waals surface area (Å²) in [6, 6.07) is 4.17. The topological polar surface area (TPSA) is 70.6 Å². The van der Waals surface area contributed by atoms with Gasteiger partial charge in [0.25, 0.3) is 0 Å². The summed E-state index contributed by atoms with van der Waals surface area (Å²) < 4.78 is 0. The number of hydrogen-bond acceptors (Lipinski definition) is 3. The van der Waals surface area contributed by atoms with Crippen LogP contribution in [-0.4, -0.2) is 30.3 Å². The lowest BCUT2D eigenvalue weighted by molar-refractivity contribution is 0.136. The third kappa shape index (κ3) is 3.99. The maximum Gasteiger partial charge on any atom is 0.188 e. The van der Waals surface area contributed by atoms with Crippen molar-refractivity contribution >= 4 is 17.3 Å². The standard InChI is InChI=1S/C13H21N3OS/c14-13(15-7-6-11-4-2-8-18-11)16-9-10-3-1-5-12(10)17/h2,4,8,10,12,17H,1,3,5-7,9H2,(H3,14,15,16). The summed E-state index contributed by atoms with van der Waals surface area (Å²) in [6.45, 7) is 1.45. The van der Waals surface area contributed by atoms with Gasteiger partial charge in [0.05, 0.1) is 6.10 Å². The summed E-state index contributed by atoms with van der Waals surface area (Å²) in [5.41, 5.74) is 5.80. The van der Waals surface area contributed by atoms with Gasteiger partial charge in [0.2, 0.25) is 0 Å². The Morgan fingerprint density at radius 2 is 2.44 bits per heavy atom. The molecule has 1 aromatic heterocycles. The number of hydrogen-bond donors (Lipinski definition) is 3. The van der Waals surface area contributed by atoms with Gasteiger partial charge in [-0.3, -0.25) is 4.99 Å². The first-order valence-corrected chi connectivity index (χ1v) is 7.38. The van der Waals surface area contributed by atoms with Crippen LogP contribution in [0.15, 0.2) is 22.5 Å². The summed E-state index contributed by atoms with van der Waals surface area (Å²) in [7, 11) is 0. The molecular weight excluding hydrogens is 246 g/mol. The minimum Gasteiger partial charge on any atom is -0.393 e. The molecule has 0 bridgehead atoms. The molecule has 4 nitrogen and oxygen atoms in total. The molecule has 1 aliphatic rings. The summed E-state index contributed by atoms with van der Waals surface area (Å²) >= 11 is 1.75. The normalized spacial score (nSPS) is 24.4. The van der Waals surface area contributed by atoms with Crippen molar-refractivity contribution in [1.29, 1.82) is 0 Å². The van der Waals surface area contributed by atoms with Crippen molar-refractivity contribution < 1.29 is 5.11 Å². The van der Waals surface area contributed by atoms with Gasteiger partial charge in [-0.1, -0.05) is 12.5 Å². The van der Waals surface area contributed by atoms with Crippen LogP contribution in [0.5, 0.6) is 0 Å². The van der Waals surface area contributed by atoms with Crippen LogP contribution in [0.1, 0.15) is 24.1 Å². The van der Waals surface area contributed by atoms with E-state index in [9.17, 15) is 5.11 Å². The number of aliphatic hydroxyl groups is 1. The molecule has 0 aromatic carbocycles. The first-order chi connectivity index (χ1) is 8.75. The molecule has 1 saturated carbocycles. The fraction of sp³-hybridized carbons (Fsp3) is 0.615. The smallest absolute Gasteiger partial charge is 0.188 e. The Labute approximate surface area is 112 Å². The molecule has 0 aliphatic heterocycles. The van der Waals surface area contributed by atoms with Crippen molar-refractivity contribution in [3.63, 3.8) is 0 Å². The number of nitrogens with zero attached hydrogens (tertiary/aromatic N) is 1. The van der Waals surface area contributed by atoms with E-state index in [4.69, 9.17) is 5.73 Å². The number of thiophene rings is 1. The van der Waals surface area contributed by atoms with E-state index in [2.05, 4.69) is 27.8 Å². The highest BCUT2D eigenvalue weighted by Gasteiger charge is 2.24. The molecule has 18 heavy (non-hydrogen) atoms. The van der Waals surface area contributed by atoms with Crippen LogP contribution in [0.25, 0.3) is 0 Å². The van der Waals surface area contributed by atoms with Gasteiger partial charge in [-0.15, -0.1) is 11.3 Å². The zero-order chi connectivity index (χ0) is 12.8. The average molecular weight is 267 g/mol. The lowest BCUT2D eigenvalue weighted by atomic mass is 10.1. The van der Waals surface area contributed by atoms with Crippen LogP contribution in [0.3, 0.4) is 0 Å². The molecule has 100 valence electrons. The Morgan fingerprint density at radius 1 is 1.56 bits per heavy atom. The summed E-state index contributed by atoms with van der Waals surface area (Å²) in [4.78, 5) is 5.65. The molecule has 1 aliphatic carbocycles. The molecule has 1 aromatic rings. The van der Waals surface area contributed by atoms with E-state index < -0.39 is 0 Å². The fourth-order valence-electron chi connectivity index (χ4n) is 2.27. The molecule has 0 radical (unpaired) electrons. The molecule has 5 heteroatoms. The number of nitrogens with one attached hydrogen (secondary N) is 1. The Morgan fingerprint density at radius 3 is 3.11 bits per heavy atom. The minimum absolute atomic E-state index is 0.187. The van der Waals surface area contributed by atoms with E-state index in [0.29, 0.717) is 18.4 Å². The Bertz CT molecular complexity index is 378. The molecular formula is C13H21N3OS. The first kappa shape index (κ1) is 13.4. The number of aliphatic imine (C=N–C) groups is 1. The van der Waals surface area contributed by atoms with Crippen LogP contribution < -0.4 is 11.1 Å². The molecule has 1 fully saturated rings. The third-order valence-electron chi connectivity index (χ3n) is 3.37. The number of guanidine groups is 1. The van der Waals surface area contributed by atoms with E-state index in [1.807, 2.05) is 0 Å². The van der Waals surface area contributed by atoms with Crippen LogP contribution in [-0.2, 0) is 6.42 Å². The molecule has 0 saturated heterocycles. The maximum atomic E-state index is 9.67. The maximum absolute atomic E-state index is 9.67. The van der Waals surface area contributed by atoms with E-state index in [1.54, 1.807) is 11.3 Å². The molecule has 0 spiro atoms. The summed E-state index contributed by atoms with van der Waals surface area (Å²) in [5.74, 6) is 0.785. The second kappa shape index (κ2) is 6.75. The van der Waals surface area contributed by atoms with Gasteiger partial charge < -0.3 is 16.2 Å². The molecule has 4 N–H and O–H groups in total. The Kier molecular flexibility index (Phi) is 5.01. The van der Waals surface area contributed by atoms with Crippen LogP contribution in [0.4, 0.5) is 0 Å². The van der Waals surface area contributed by atoms with Crippen molar-refractivity contribution in [3.8, 4) is 0 Å². The van der Waals surface area contributed by atoms with E-state index in [1.165, 1.54) is 4.88 Å². The predicted molar refractivity (Wildman–Crippen MR) is 75.9 cm³/mol. The lowest BCUT2D eigenvalue weighted by Crippen LogP contribution is -2.34. The van der Waals surface area contributed by atoms with Crippen LogP contribution >= 0.6 is 11.3 Å². The second-order valence-electron chi connectivity index (χ2n) is 4.74. The quantitative estimate of drug-likeness (QED) is 0.557. The van der Waals surface area contributed by atoms with Crippen molar-refractivity contribution in [2.75, 3.05) is 13.1 Å². The highest BCUT2D eigenvalue weighted by atomic mass is 32.1.